The van der Waals surface area contributed by atoms with Crippen molar-refractivity contribution >= 4 is 22.2 Å². The third-order valence-electron chi connectivity index (χ3n) is 2.85. The fraction of sp³-hybridized carbons (Fsp3) is 0.188. The molecule has 98 valence electrons. The predicted octanol–water partition coefficient (Wildman–Crippen LogP) is 5.18. The number of para-hydroxylation sites is 1. The minimum Gasteiger partial charge on any atom is -0.456 e. The first kappa shape index (κ1) is 13.8. The van der Waals surface area contributed by atoms with Gasteiger partial charge in [0.2, 0.25) is 0 Å². The molecule has 0 atom stereocenters. The Morgan fingerprint density at radius 2 is 1.84 bits per heavy atom. The van der Waals surface area contributed by atoms with Crippen LogP contribution in [-0.4, -0.2) is 6.29 Å². The van der Waals surface area contributed by atoms with Crippen LogP contribution < -0.4 is 4.74 Å². The molecule has 0 aromatic heterocycles. The standard InChI is InChI=1S/C16H15BrO2/c1-11(2)13-5-3-4-6-15(13)19-16-8-7-12(10-18)9-14(16)17/h3-11H,1-2H3. The second-order valence-corrected chi connectivity index (χ2v) is 5.46. The van der Waals surface area contributed by atoms with E-state index in [4.69, 9.17) is 4.74 Å². The number of benzene rings is 2. The van der Waals surface area contributed by atoms with Gasteiger partial charge in [0.05, 0.1) is 4.47 Å². The summed E-state index contributed by atoms with van der Waals surface area (Å²) in [6, 6.07) is 13.3. The number of ether oxygens (including phenoxy) is 1. The van der Waals surface area contributed by atoms with Crippen LogP contribution in [0.1, 0.15) is 35.7 Å². The van der Waals surface area contributed by atoms with Crippen LogP contribution in [0.4, 0.5) is 0 Å². The van der Waals surface area contributed by atoms with Crippen LogP contribution in [0.15, 0.2) is 46.9 Å². The van der Waals surface area contributed by atoms with Gasteiger partial charge in [-0.15, -0.1) is 0 Å². The quantitative estimate of drug-likeness (QED) is 0.726. The van der Waals surface area contributed by atoms with Crippen molar-refractivity contribution in [2.45, 2.75) is 19.8 Å². The monoisotopic (exact) mass is 318 g/mol. The molecular weight excluding hydrogens is 304 g/mol. The molecular formula is C16H15BrO2. The van der Waals surface area contributed by atoms with E-state index in [1.165, 1.54) is 0 Å². The summed E-state index contributed by atoms with van der Waals surface area (Å²) in [5.74, 6) is 1.94. The van der Waals surface area contributed by atoms with E-state index in [2.05, 4.69) is 35.8 Å². The molecule has 0 fully saturated rings. The maximum absolute atomic E-state index is 10.7. The van der Waals surface area contributed by atoms with Crippen LogP contribution in [0.2, 0.25) is 0 Å². The van der Waals surface area contributed by atoms with Gasteiger partial charge in [-0.2, -0.15) is 0 Å². The van der Waals surface area contributed by atoms with Crippen molar-refractivity contribution in [1.82, 2.24) is 0 Å². The van der Waals surface area contributed by atoms with Crippen molar-refractivity contribution < 1.29 is 9.53 Å². The highest BCUT2D eigenvalue weighted by molar-refractivity contribution is 9.10. The highest BCUT2D eigenvalue weighted by Crippen LogP contribution is 2.34. The van der Waals surface area contributed by atoms with E-state index in [1.54, 1.807) is 18.2 Å². The zero-order valence-electron chi connectivity index (χ0n) is 10.9. The lowest BCUT2D eigenvalue weighted by Gasteiger charge is -2.14. The van der Waals surface area contributed by atoms with Gasteiger partial charge in [0.25, 0.3) is 0 Å². The van der Waals surface area contributed by atoms with E-state index in [9.17, 15) is 4.79 Å². The maximum Gasteiger partial charge on any atom is 0.150 e. The van der Waals surface area contributed by atoms with Crippen LogP contribution >= 0.6 is 15.9 Å². The Morgan fingerprint density at radius 1 is 1.11 bits per heavy atom. The van der Waals surface area contributed by atoms with Crippen molar-refractivity contribution in [1.29, 1.82) is 0 Å². The third-order valence-corrected chi connectivity index (χ3v) is 3.47. The molecule has 0 aliphatic heterocycles. The summed E-state index contributed by atoms with van der Waals surface area (Å²) >= 11 is 3.42. The Bertz CT molecular complexity index is 591. The van der Waals surface area contributed by atoms with E-state index >= 15 is 0 Å². The SMILES string of the molecule is CC(C)c1ccccc1Oc1ccc(C=O)cc1Br. The molecule has 2 nitrogen and oxygen atoms in total. The Balaban J connectivity index is 2.34. The number of halogens is 1. The summed E-state index contributed by atoms with van der Waals surface area (Å²) in [5.41, 5.74) is 1.78. The van der Waals surface area contributed by atoms with E-state index in [-0.39, 0.29) is 0 Å². The molecule has 0 saturated carbocycles. The summed E-state index contributed by atoms with van der Waals surface area (Å²) in [6.07, 6.45) is 0.816. The van der Waals surface area contributed by atoms with E-state index in [1.807, 2.05) is 18.2 Å². The van der Waals surface area contributed by atoms with Gasteiger partial charge in [-0.1, -0.05) is 32.0 Å². The lowest BCUT2D eigenvalue weighted by Crippen LogP contribution is -1.94. The first-order valence-corrected chi connectivity index (χ1v) is 6.92. The van der Waals surface area contributed by atoms with Gasteiger partial charge in [-0.05, 0) is 51.7 Å². The Kier molecular flexibility index (Phi) is 4.38. The molecule has 0 aliphatic rings. The van der Waals surface area contributed by atoms with Gasteiger partial charge >= 0.3 is 0 Å². The zero-order chi connectivity index (χ0) is 13.8. The van der Waals surface area contributed by atoms with E-state index in [0.29, 0.717) is 17.2 Å². The number of carbonyl (C=O) groups excluding carboxylic acids is 1. The molecule has 19 heavy (non-hydrogen) atoms. The molecule has 0 saturated heterocycles. The molecule has 2 aromatic carbocycles. The van der Waals surface area contributed by atoms with Gasteiger partial charge in [0.1, 0.15) is 17.8 Å². The zero-order valence-corrected chi connectivity index (χ0v) is 12.5. The molecule has 0 unspecified atom stereocenters. The molecule has 0 radical (unpaired) electrons. The van der Waals surface area contributed by atoms with Crippen molar-refractivity contribution in [2.24, 2.45) is 0 Å². The summed E-state index contributed by atoms with van der Waals surface area (Å²) < 4.78 is 6.71. The highest BCUT2D eigenvalue weighted by atomic mass is 79.9. The smallest absolute Gasteiger partial charge is 0.150 e. The molecule has 2 aromatic rings. The normalized spacial score (nSPS) is 10.5. The van der Waals surface area contributed by atoms with Crippen LogP contribution in [-0.2, 0) is 0 Å². The van der Waals surface area contributed by atoms with Crippen LogP contribution in [0.25, 0.3) is 0 Å². The number of rotatable bonds is 4. The first-order valence-electron chi connectivity index (χ1n) is 6.13. The van der Waals surface area contributed by atoms with Crippen molar-refractivity contribution in [3.05, 3.63) is 58.1 Å². The second-order valence-electron chi connectivity index (χ2n) is 4.60. The minimum absolute atomic E-state index is 0.393. The fourth-order valence-electron chi connectivity index (χ4n) is 1.84. The van der Waals surface area contributed by atoms with Crippen molar-refractivity contribution in [2.75, 3.05) is 0 Å². The van der Waals surface area contributed by atoms with Crippen LogP contribution in [0.5, 0.6) is 11.5 Å². The average Bonchev–Trinajstić information content (AvgIpc) is 2.41. The fourth-order valence-corrected chi connectivity index (χ4v) is 2.32. The van der Waals surface area contributed by atoms with Gasteiger partial charge in [0, 0.05) is 5.56 Å². The lowest BCUT2D eigenvalue weighted by molar-refractivity contribution is 0.112. The molecule has 0 bridgehead atoms. The van der Waals surface area contributed by atoms with Gasteiger partial charge in [-0.3, -0.25) is 4.79 Å². The van der Waals surface area contributed by atoms with Gasteiger partial charge in [-0.25, -0.2) is 0 Å². The number of hydrogen-bond acceptors (Lipinski definition) is 2. The largest absolute Gasteiger partial charge is 0.456 e. The summed E-state index contributed by atoms with van der Waals surface area (Å²) in [4.78, 5) is 10.7. The second kappa shape index (κ2) is 6.02. The molecule has 2 rings (SSSR count). The Hall–Kier alpha value is -1.61. The molecule has 0 heterocycles. The molecule has 0 aliphatic carbocycles. The molecule has 0 spiro atoms. The molecule has 0 amide bonds. The molecule has 3 heteroatoms. The van der Waals surface area contributed by atoms with E-state index < -0.39 is 0 Å². The maximum atomic E-state index is 10.7. The Labute approximate surface area is 121 Å². The number of carbonyl (C=O) groups is 1. The average molecular weight is 319 g/mol. The summed E-state index contributed by atoms with van der Waals surface area (Å²) in [6.45, 7) is 4.26. The van der Waals surface area contributed by atoms with Crippen molar-refractivity contribution in [3.63, 3.8) is 0 Å². The topological polar surface area (TPSA) is 26.3 Å². The lowest BCUT2D eigenvalue weighted by atomic mass is 10.0. The summed E-state index contributed by atoms with van der Waals surface area (Å²) in [5, 5.41) is 0. The van der Waals surface area contributed by atoms with E-state index in [0.717, 1.165) is 22.1 Å². The first-order chi connectivity index (χ1) is 9.11. The van der Waals surface area contributed by atoms with Crippen molar-refractivity contribution in [3.8, 4) is 11.5 Å². The van der Waals surface area contributed by atoms with Gasteiger partial charge < -0.3 is 4.74 Å². The van der Waals surface area contributed by atoms with Crippen LogP contribution in [0, 0.1) is 0 Å². The number of hydrogen-bond donors (Lipinski definition) is 0. The number of aldehydes is 1. The minimum atomic E-state index is 0.393. The molecule has 0 N–H and O–H groups in total. The Morgan fingerprint density at radius 3 is 2.47 bits per heavy atom. The van der Waals surface area contributed by atoms with Gasteiger partial charge in [0.15, 0.2) is 0 Å². The highest BCUT2D eigenvalue weighted by Gasteiger charge is 2.10. The predicted molar refractivity (Wildman–Crippen MR) is 80.1 cm³/mol. The summed E-state index contributed by atoms with van der Waals surface area (Å²) in [7, 11) is 0. The van der Waals surface area contributed by atoms with Crippen LogP contribution in [0.3, 0.4) is 0 Å². The third kappa shape index (κ3) is 3.24.